The van der Waals surface area contributed by atoms with Crippen LogP contribution in [0.2, 0.25) is 0 Å². The summed E-state index contributed by atoms with van der Waals surface area (Å²) in [5.41, 5.74) is 0. The number of rotatable bonds is 0. The van der Waals surface area contributed by atoms with Crippen LogP contribution in [0.5, 0.6) is 0 Å². The first-order valence-electron chi connectivity index (χ1n) is 1.33. The minimum absolute atomic E-state index is 0. The molecule has 12 heavy (non-hydrogen) atoms. The molecular weight excluding hydrogens is 384 g/mol. The molecule has 0 heterocycles. The Morgan fingerprint density at radius 3 is 0.667 bits per heavy atom. The summed E-state index contributed by atoms with van der Waals surface area (Å²) in [5.74, 6) is 0. The van der Waals surface area contributed by atoms with Gasteiger partial charge in [-0.05, 0) is 0 Å². The molecule has 0 atom stereocenters. The molecule has 0 saturated heterocycles. The Labute approximate surface area is 120 Å². The molecule has 0 aromatic rings. The van der Waals surface area contributed by atoms with E-state index >= 15 is 0 Å². The maximum Gasteiger partial charge on any atom is 2.00 e. The summed E-state index contributed by atoms with van der Waals surface area (Å²) in [6.07, 6.45) is 0. The predicted octanol–water partition coefficient (Wildman–Crippen LogP) is -3.06. The molecular formula is BaMnO8S2. The van der Waals surface area contributed by atoms with Gasteiger partial charge in [-0.3, -0.25) is 16.8 Å². The molecule has 1 radical (unpaired) electrons. The first-order valence-corrected chi connectivity index (χ1v) is 4.00. The summed E-state index contributed by atoms with van der Waals surface area (Å²) >= 11 is 0. The fraction of sp³-hybridized carbons (Fsp3) is 0. The van der Waals surface area contributed by atoms with Crippen molar-refractivity contribution in [2.45, 2.75) is 0 Å². The summed E-state index contributed by atoms with van der Waals surface area (Å²) in [4.78, 5) is 0. The van der Waals surface area contributed by atoms with Gasteiger partial charge in [-0.2, -0.15) is 0 Å². The fourth-order valence-electron chi connectivity index (χ4n) is 0. The molecule has 0 aromatic heterocycles. The van der Waals surface area contributed by atoms with Gasteiger partial charge in [0.15, 0.2) is 0 Å². The summed E-state index contributed by atoms with van der Waals surface area (Å²) in [5, 5.41) is 0. The normalized spacial score (nSPS) is 9.67. The van der Waals surface area contributed by atoms with Gasteiger partial charge < -0.3 is 18.2 Å². The van der Waals surface area contributed by atoms with Crippen molar-refractivity contribution in [2.24, 2.45) is 0 Å². The monoisotopic (exact) mass is 385 g/mol. The van der Waals surface area contributed by atoms with Gasteiger partial charge in [0.05, 0.1) is 0 Å². The smallest absolute Gasteiger partial charge is 0.759 e. The Morgan fingerprint density at radius 1 is 0.667 bits per heavy atom. The molecule has 0 saturated carbocycles. The van der Waals surface area contributed by atoms with Gasteiger partial charge in [0.1, 0.15) is 0 Å². The average Bonchev–Trinajstić information content (AvgIpc) is 1.12. The van der Waals surface area contributed by atoms with Crippen molar-refractivity contribution in [1.82, 2.24) is 0 Å². The van der Waals surface area contributed by atoms with E-state index in [4.69, 9.17) is 35.0 Å². The van der Waals surface area contributed by atoms with E-state index in [1.807, 2.05) is 0 Å². The summed E-state index contributed by atoms with van der Waals surface area (Å²) in [7, 11) is -10.3. The second kappa shape index (κ2) is 9.39. The maximum absolute atomic E-state index is 8.52. The minimum Gasteiger partial charge on any atom is -0.759 e. The van der Waals surface area contributed by atoms with E-state index < -0.39 is 20.8 Å². The Bertz CT molecular complexity index is 213. The van der Waals surface area contributed by atoms with Crippen molar-refractivity contribution >= 4 is 69.7 Å². The molecule has 0 aliphatic rings. The first-order chi connectivity index (χ1) is 4.00. The van der Waals surface area contributed by atoms with Gasteiger partial charge in [-0.25, -0.2) is 0 Å². The van der Waals surface area contributed by atoms with Crippen molar-refractivity contribution in [1.29, 1.82) is 0 Å². The zero-order chi connectivity index (χ0) is 9.00. The van der Waals surface area contributed by atoms with Gasteiger partial charge in [-0.1, -0.05) is 0 Å². The van der Waals surface area contributed by atoms with Gasteiger partial charge in [0, 0.05) is 20.8 Å². The van der Waals surface area contributed by atoms with E-state index in [9.17, 15) is 0 Å². The van der Waals surface area contributed by atoms with Gasteiger partial charge in [0.2, 0.25) is 0 Å². The standard InChI is InChI=1S/Ba.Mn.2H2O4S/c;;2*1-5(2,3)4/h;;2*(H2,1,2,3,4)/q2*+2;;/p-4. The third-order valence-corrected chi connectivity index (χ3v) is 0. The molecule has 0 aliphatic carbocycles. The van der Waals surface area contributed by atoms with Crippen molar-refractivity contribution in [3.63, 3.8) is 0 Å². The van der Waals surface area contributed by atoms with Crippen molar-refractivity contribution in [2.75, 3.05) is 0 Å². The zero-order valence-electron chi connectivity index (χ0n) is 5.17. The average molecular weight is 384 g/mol. The summed E-state index contributed by atoms with van der Waals surface area (Å²) < 4.78 is 68.2. The molecule has 0 bridgehead atoms. The molecule has 0 amide bonds. The molecule has 0 rings (SSSR count). The van der Waals surface area contributed by atoms with E-state index in [0.29, 0.717) is 0 Å². The Morgan fingerprint density at radius 2 is 0.667 bits per heavy atom. The van der Waals surface area contributed by atoms with Crippen LogP contribution in [0.15, 0.2) is 0 Å². The summed E-state index contributed by atoms with van der Waals surface area (Å²) in [6.45, 7) is 0. The van der Waals surface area contributed by atoms with Crippen LogP contribution in [0.1, 0.15) is 0 Å². The van der Waals surface area contributed by atoms with Crippen LogP contribution in [-0.2, 0) is 37.9 Å². The fourth-order valence-corrected chi connectivity index (χ4v) is 0. The van der Waals surface area contributed by atoms with Crippen LogP contribution in [0, 0.1) is 0 Å². The minimum atomic E-state index is -5.17. The van der Waals surface area contributed by atoms with E-state index in [2.05, 4.69) is 0 Å². The topological polar surface area (TPSA) is 161 Å². The van der Waals surface area contributed by atoms with E-state index in [1.165, 1.54) is 0 Å². The second-order valence-corrected chi connectivity index (χ2v) is 2.45. The molecule has 0 N–H and O–H groups in total. The molecule has 0 spiro atoms. The Hall–Kier alpha value is 1.83. The predicted molar refractivity (Wildman–Crippen MR) is 26.7 cm³/mol. The van der Waals surface area contributed by atoms with Gasteiger partial charge in [-0.15, -0.1) is 0 Å². The van der Waals surface area contributed by atoms with E-state index in [-0.39, 0.29) is 65.9 Å². The Kier molecular flexibility index (Phi) is 18.4. The molecule has 0 aliphatic heterocycles. The molecule has 12 heteroatoms. The van der Waals surface area contributed by atoms with Crippen LogP contribution >= 0.6 is 0 Å². The molecule has 0 aromatic carbocycles. The third-order valence-electron chi connectivity index (χ3n) is 0. The molecule has 8 nitrogen and oxygen atoms in total. The van der Waals surface area contributed by atoms with Crippen molar-refractivity contribution in [3.05, 3.63) is 0 Å². The summed E-state index contributed by atoms with van der Waals surface area (Å²) in [6, 6.07) is 0. The van der Waals surface area contributed by atoms with Crippen LogP contribution < -0.4 is 0 Å². The van der Waals surface area contributed by atoms with Crippen LogP contribution in [0.3, 0.4) is 0 Å². The number of hydrogen-bond acceptors (Lipinski definition) is 8. The molecule has 0 unspecified atom stereocenters. The van der Waals surface area contributed by atoms with E-state index in [1.54, 1.807) is 0 Å². The SMILES string of the molecule is O=S(=O)([O-])[O-].O=S(=O)([O-])[O-].[Ba+2].[Mn+2]. The van der Waals surface area contributed by atoms with Crippen LogP contribution in [0.25, 0.3) is 0 Å². The quantitative estimate of drug-likeness (QED) is 0.242. The second-order valence-electron chi connectivity index (χ2n) is 0.816. The van der Waals surface area contributed by atoms with Crippen LogP contribution in [-0.4, -0.2) is 83.9 Å². The van der Waals surface area contributed by atoms with Gasteiger partial charge >= 0.3 is 65.9 Å². The molecule has 69 valence electrons. The zero-order valence-corrected chi connectivity index (χ0v) is 12.4. The van der Waals surface area contributed by atoms with Crippen LogP contribution in [0.4, 0.5) is 0 Å². The van der Waals surface area contributed by atoms with E-state index in [0.717, 1.165) is 0 Å². The maximum atomic E-state index is 8.52. The Balaban J connectivity index is -0.0000000457. The number of hydrogen-bond donors (Lipinski definition) is 0. The largest absolute Gasteiger partial charge is 2.00 e. The third kappa shape index (κ3) is 414. The van der Waals surface area contributed by atoms with Crippen molar-refractivity contribution < 1.29 is 52.1 Å². The van der Waals surface area contributed by atoms with Gasteiger partial charge in [0.25, 0.3) is 0 Å². The molecule has 0 fully saturated rings. The first kappa shape index (κ1) is 23.6. The van der Waals surface area contributed by atoms with Crippen molar-refractivity contribution in [3.8, 4) is 0 Å².